The van der Waals surface area contributed by atoms with Gasteiger partial charge in [-0.2, -0.15) is 0 Å². The van der Waals surface area contributed by atoms with E-state index in [1.807, 2.05) is 24.3 Å². The molecular weight excluding hydrogens is 288 g/mol. The largest absolute Gasteiger partial charge is 0.497 e. The van der Waals surface area contributed by atoms with Gasteiger partial charge in [0.25, 0.3) is 0 Å². The smallest absolute Gasteiger partial charge is 0.335 e. The molecule has 0 radical (unpaired) electrons. The van der Waals surface area contributed by atoms with E-state index in [0.717, 1.165) is 23.3 Å². The number of benzene rings is 2. The third-order valence-corrected chi connectivity index (χ3v) is 4.29. The summed E-state index contributed by atoms with van der Waals surface area (Å²) in [5, 5.41) is 9.77. The first-order chi connectivity index (χ1) is 10.1. The molecule has 2 unspecified atom stereocenters. The topological polar surface area (TPSA) is 46.5 Å². The molecule has 0 aromatic heterocycles. The molecule has 4 heteroatoms. The average molecular weight is 303 g/mol. The lowest BCUT2D eigenvalue weighted by molar-refractivity contribution is 0.0697. The van der Waals surface area contributed by atoms with E-state index in [1.54, 1.807) is 25.3 Å². The lowest BCUT2D eigenvalue weighted by atomic mass is 10.0. The van der Waals surface area contributed by atoms with Crippen LogP contribution in [0, 0.1) is 0 Å². The van der Waals surface area contributed by atoms with Crippen molar-refractivity contribution in [3.63, 3.8) is 0 Å². The minimum absolute atomic E-state index is 0.332. The number of rotatable bonds is 4. The fraction of sp³-hybridized carbons (Fsp3) is 0.235. The van der Waals surface area contributed by atoms with E-state index in [4.69, 9.17) is 21.4 Å². The van der Waals surface area contributed by atoms with E-state index >= 15 is 0 Å². The number of ether oxygens (including phenoxy) is 1. The molecule has 2 aromatic carbocycles. The molecule has 3 nitrogen and oxygen atoms in total. The maximum Gasteiger partial charge on any atom is 0.335 e. The molecule has 21 heavy (non-hydrogen) atoms. The molecular formula is C17H15ClO3. The van der Waals surface area contributed by atoms with E-state index in [9.17, 15) is 4.79 Å². The Morgan fingerprint density at radius 2 is 2.05 bits per heavy atom. The Bertz CT molecular complexity index is 696. The molecule has 0 spiro atoms. The van der Waals surface area contributed by atoms with Crippen LogP contribution in [-0.4, -0.2) is 18.2 Å². The molecule has 0 saturated heterocycles. The van der Waals surface area contributed by atoms with Crippen molar-refractivity contribution in [3.05, 3.63) is 64.2 Å². The fourth-order valence-electron chi connectivity index (χ4n) is 2.74. The second-order valence-electron chi connectivity index (χ2n) is 5.27. The molecule has 3 rings (SSSR count). The number of methoxy groups -OCH3 is 1. The number of carboxylic acids is 1. The van der Waals surface area contributed by atoms with Crippen LogP contribution >= 0.6 is 11.6 Å². The first-order valence-corrected chi connectivity index (χ1v) is 7.14. The Balaban J connectivity index is 1.83. The Morgan fingerprint density at radius 3 is 2.71 bits per heavy atom. The van der Waals surface area contributed by atoms with Crippen molar-refractivity contribution in [2.24, 2.45) is 0 Å². The third-order valence-electron chi connectivity index (χ3n) is 3.96. The zero-order valence-corrected chi connectivity index (χ0v) is 12.3. The van der Waals surface area contributed by atoms with E-state index in [1.165, 1.54) is 0 Å². The monoisotopic (exact) mass is 302 g/mol. The van der Waals surface area contributed by atoms with Gasteiger partial charge in [-0.15, -0.1) is 0 Å². The van der Waals surface area contributed by atoms with Crippen molar-refractivity contribution in [3.8, 4) is 5.75 Å². The average Bonchev–Trinajstić information content (AvgIpc) is 3.27. The number of hydrogen-bond donors (Lipinski definition) is 1. The van der Waals surface area contributed by atoms with Gasteiger partial charge < -0.3 is 9.84 Å². The molecule has 0 amide bonds. The summed E-state index contributed by atoms with van der Waals surface area (Å²) in [6.45, 7) is 0. The van der Waals surface area contributed by atoms with Crippen molar-refractivity contribution in [2.45, 2.75) is 18.3 Å². The van der Waals surface area contributed by atoms with Crippen molar-refractivity contribution < 1.29 is 14.6 Å². The highest BCUT2D eigenvalue weighted by atomic mass is 35.5. The second kappa shape index (κ2) is 5.41. The van der Waals surface area contributed by atoms with Crippen LogP contribution < -0.4 is 4.74 Å². The van der Waals surface area contributed by atoms with Crippen LogP contribution in [0.4, 0.5) is 0 Å². The van der Waals surface area contributed by atoms with Gasteiger partial charge in [0.1, 0.15) is 5.75 Å². The number of carbonyl (C=O) groups is 1. The minimum Gasteiger partial charge on any atom is -0.497 e. The molecule has 1 saturated carbocycles. The van der Waals surface area contributed by atoms with Gasteiger partial charge in [0.15, 0.2) is 0 Å². The zero-order chi connectivity index (χ0) is 15.0. The lowest BCUT2D eigenvalue weighted by Crippen LogP contribution is -1.97. The van der Waals surface area contributed by atoms with E-state index in [-0.39, 0.29) is 0 Å². The van der Waals surface area contributed by atoms with E-state index < -0.39 is 5.97 Å². The molecule has 0 aliphatic heterocycles. The van der Waals surface area contributed by atoms with Gasteiger partial charge in [-0.1, -0.05) is 29.8 Å². The van der Waals surface area contributed by atoms with Crippen LogP contribution in [0.2, 0.25) is 5.02 Å². The van der Waals surface area contributed by atoms with Crippen molar-refractivity contribution in [2.75, 3.05) is 7.11 Å². The molecule has 2 atom stereocenters. The zero-order valence-electron chi connectivity index (χ0n) is 11.5. The minimum atomic E-state index is -0.892. The summed E-state index contributed by atoms with van der Waals surface area (Å²) in [7, 11) is 1.61. The number of aromatic carboxylic acids is 1. The predicted molar refractivity (Wildman–Crippen MR) is 81.5 cm³/mol. The number of hydrogen-bond acceptors (Lipinski definition) is 2. The van der Waals surface area contributed by atoms with Gasteiger partial charge in [0, 0.05) is 5.02 Å². The van der Waals surface area contributed by atoms with E-state index in [0.29, 0.717) is 22.4 Å². The summed E-state index contributed by atoms with van der Waals surface area (Å²) in [6, 6.07) is 12.9. The van der Waals surface area contributed by atoms with Crippen LogP contribution in [0.25, 0.3) is 0 Å². The Kier molecular flexibility index (Phi) is 3.60. The van der Waals surface area contributed by atoms with Gasteiger partial charge in [0.05, 0.1) is 12.7 Å². The normalized spacial score (nSPS) is 20.1. The Morgan fingerprint density at radius 1 is 1.24 bits per heavy atom. The van der Waals surface area contributed by atoms with E-state index in [2.05, 4.69) is 0 Å². The van der Waals surface area contributed by atoms with Gasteiger partial charge in [-0.3, -0.25) is 0 Å². The van der Waals surface area contributed by atoms with Crippen LogP contribution in [0.3, 0.4) is 0 Å². The molecule has 108 valence electrons. The van der Waals surface area contributed by atoms with Gasteiger partial charge >= 0.3 is 5.97 Å². The maximum atomic E-state index is 11.0. The van der Waals surface area contributed by atoms with Crippen LogP contribution in [-0.2, 0) is 0 Å². The summed E-state index contributed by atoms with van der Waals surface area (Å²) in [5.41, 5.74) is 2.49. The summed E-state index contributed by atoms with van der Waals surface area (Å²) < 4.78 is 5.15. The van der Waals surface area contributed by atoms with Crippen molar-refractivity contribution >= 4 is 17.6 Å². The van der Waals surface area contributed by atoms with Gasteiger partial charge in [-0.25, -0.2) is 4.79 Å². The summed E-state index contributed by atoms with van der Waals surface area (Å²) in [4.78, 5) is 11.0. The highest BCUT2D eigenvalue weighted by Crippen LogP contribution is 2.56. The first kappa shape index (κ1) is 14.0. The van der Waals surface area contributed by atoms with Gasteiger partial charge in [-0.05, 0) is 53.6 Å². The lowest BCUT2D eigenvalue weighted by Gasteiger charge is -2.07. The van der Waals surface area contributed by atoms with Crippen molar-refractivity contribution in [1.29, 1.82) is 0 Å². The highest BCUT2D eigenvalue weighted by Gasteiger charge is 2.40. The molecule has 1 aliphatic carbocycles. The fourth-order valence-corrected chi connectivity index (χ4v) is 3.06. The molecule has 1 aliphatic rings. The van der Waals surface area contributed by atoms with Crippen LogP contribution in [0.15, 0.2) is 42.5 Å². The molecule has 0 heterocycles. The standard InChI is InChI=1S/C17H15ClO3/c1-21-12-5-6-13(16(18)8-12)15-9-14(15)10-3-2-4-11(7-10)17(19)20/h2-8,14-15H,9H2,1H3,(H,19,20). The van der Waals surface area contributed by atoms with Crippen molar-refractivity contribution in [1.82, 2.24) is 0 Å². The second-order valence-corrected chi connectivity index (χ2v) is 5.67. The summed E-state index contributed by atoms with van der Waals surface area (Å²) >= 11 is 6.30. The maximum absolute atomic E-state index is 11.0. The molecule has 1 fully saturated rings. The quantitative estimate of drug-likeness (QED) is 0.915. The van der Waals surface area contributed by atoms with Gasteiger partial charge in [0.2, 0.25) is 0 Å². The van der Waals surface area contributed by atoms with Crippen LogP contribution in [0.1, 0.15) is 39.7 Å². The third kappa shape index (κ3) is 2.74. The summed E-state index contributed by atoms with van der Waals surface area (Å²) in [5.74, 6) is 0.549. The Hall–Kier alpha value is -2.00. The Labute approximate surface area is 128 Å². The molecule has 0 bridgehead atoms. The number of carboxylic acid groups (broad SMARTS) is 1. The molecule has 1 N–H and O–H groups in total. The van der Waals surface area contributed by atoms with Crippen LogP contribution in [0.5, 0.6) is 5.75 Å². The first-order valence-electron chi connectivity index (χ1n) is 6.77. The highest BCUT2D eigenvalue weighted by molar-refractivity contribution is 6.31. The molecule has 2 aromatic rings. The SMILES string of the molecule is COc1ccc(C2CC2c2cccc(C(=O)O)c2)c(Cl)c1. The number of halogens is 1. The summed E-state index contributed by atoms with van der Waals surface area (Å²) in [6.07, 6.45) is 0.995. The predicted octanol–water partition coefficient (Wildman–Crippen LogP) is 4.32.